The van der Waals surface area contributed by atoms with Gasteiger partial charge in [0, 0.05) is 18.1 Å². The van der Waals surface area contributed by atoms with Crippen molar-refractivity contribution in [1.82, 2.24) is 4.90 Å². The van der Waals surface area contributed by atoms with Crippen molar-refractivity contribution in [3.8, 4) is 0 Å². The Bertz CT molecular complexity index is 266. The van der Waals surface area contributed by atoms with Crippen LogP contribution in [0.25, 0.3) is 0 Å². The maximum absolute atomic E-state index is 6.36. The van der Waals surface area contributed by atoms with Gasteiger partial charge in [0.25, 0.3) is 0 Å². The van der Waals surface area contributed by atoms with E-state index in [2.05, 4.69) is 18.7 Å². The highest BCUT2D eigenvalue weighted by molar-refractivity contribution is 5.01. The van der Waals surface area contributed by atoms with Crippen molar-refractivity contribution in [2.24, 2.45) is 11.7 Å². The summed E-state index contributed by atoms with van der Waals surface area (Å²) in [6, 6.07) is 0.790. The molecule has 2 N–H and O–H groups in total. The van der Waals surface area contributed by atoms with E-state index in [0.29, 0.717) is 5.54 Å². The highest BCUT2D eigenvalue weighted by Gasteiger charge is 2.45. The van der Waals surface area contributed by atoms with Crippen LogP contribution in [0.3, 0.4) is 0 Å². The van der Waals surface area contributed by atoms with Crippen molar-refractivity contribution in [1.29, 1.82) is 0 Å². The van der Waals surface area contributed by atoms with Gasteiger partial charge in [-0.15, -0.1) is 0 Å². The van der Waals surface area contributed by atoms with Gasteiger partial charge in [-0.05, 0) is 44.6 Å². The van der Waals surface area contributed by atoms with Gasteiger partial charge in [0.1, 0.15) is 0 Å². The second-order valence-electron chi connectivity index (χ2n) is 6.76. The molecule has 1 aliphatic heterocycles. The van der Waals surface area contributed by atoms with E-state index in [1.807, 2.05) is 0 Å². The Hall–Kier alpha value is -0.0800. The molecule has 1 heterocycles. The normalized spacial score (nSPS) is 38.1. The van der Waals surface area contributed by atoms with Crippen molar-refractivity contribution >= 4 is 0 Å². The predicted octanol–water partition coefficient (Wildman–Crippen LogP) is 3.94. The van der Waals surface area contributed by atoms with Crippen LogP contribution in [0.15, 0.2) is 0 Å². The van der Waals surface area contributed by atoms with Crippen LogP contribution < -0.4 is 5.73 Å². The Morgan fingerprint density at radius 3 is 2.47 bits per heavy atom. The van der Waals surface area contributed by atoms with Gasteiger partial charge >= 0.3 is 0 Å². The fraction of sp³-hybridized carbons (Fsp3) is 1.00. The van der Waals surface area contributed by atoms with Crippen molar-refractivity contribution in [3.63, 3.8) is 0 Å². The molecule has 2 rings (SSSR count). The van der Waals surface area contributed by atoms with Crippen LogP contribution in [-0.4, -0.2) is 29.6 Å². The number of rotatable bonds is 4. The van der Waals surface area contributed by atoms with Gasteiger partial charge in [-0.1, -0.05) is 46.0 Å². The maximum atomic E-state index is 6.36. The first kappa shape index (κ1) is 15.3. The van der Waals surface area contributed by atoms with Crippen LogP contribution >= 0.6 is 0 Å². The van der Waals surface area contributed by atoms with Crippen LogP contribution in [0.4, 0.5) is 0 Å². The Balaban J connectivity index is 2.25. The SMILES string of the molecule is CCC1CCCCCN1C1(CN)CCCCC1CC. The molecular formula is C17H34N2. The zero-order valence-electron chi connectivity index (χ0n) is 13.2. The van der Waals surface area contributed by atoms with Crippen LogP contribution in [-0.2, 0) is 0 Å². The molecule has 0 radical (unpaired) electrons. The highest BCUT2D eigenvalue weighted by Crippen LogP contribution is 2.42. The first-order chi connectivity index (χ1) is 9.28. The molecule has 2 aliphatic rings. The fourth-order valence-electron chi connectivity index (χ4n) is 4.83. The predicted molar refractivity (Wildman–Crippen MR) is 83.3 cm³/mol. The van der Waals surface area contributed by atoms with E-state index in [1.165, 1.54) is 70.8 Å². The van der Waals surface area contributed by atoms with E-state index in [1.54, 1.807) is 0 Å². The van der Waals surface area contributed by atoms with Gasteiger partial charge in [-0.2, -0.15) is 0 Å². The molecule has 3 unspecified atom stereocenters. The van der Waals surface area contributed by atoms with Gasteiger partial charge in [0.05, 0.1) is 0 Å². The van der Waals surface area contributed by atoms with Gasteiger partial charge in [0.15, 0.2) is 0 Å². The fourth-order valence-corrected chi connectivity index (χ4v) is 4.83. The lowest BCUT2D eigenvalue weighted by Gasteiger charge is -2.53. The summed E-state index contributed by atoms with van der Waals surface area (Å²) in [5.41, 5.74) is 6.69. The summed E-state index contributed by atoms with van der Waals surface area (Å²) in [7, 11) is 0. The van der Waals surface area contributed by atoms with E-state index in [9.17, 15) is 0 Å². The molecule has 0 bridgehead atoms. The second kappa shape index (κ2) is 7.08. The maximum Gasteiger partial charge on any atom is 0.0362 e. The second-order valence-corrected chi connectivity index (χ2v) is 6.76. The van der Waals surface area contributed by atoms with Crippen molar-refractivity contribution in [3.05, 3.63) is 0 Å². The quantitative estimate of drug-likeness (QED) is 0.835. The Kier molecular flexibility index (Phi) is 5.70. The molecule has 0 amide bonds. The Morgan fingerprint density at radius 2 is 1.79 bits per heavy atom. The minimum Gasteiger partial charge on any atom is -0.329 e. The third-order valence-electron chi connectivity index (χ3n) is 5.94. The molecule has 112 valence electrons. The zero-order chi connectivity index (χ0) is 13.7. The number of nitrogens with zero attached hydrogens (tertiary/aromatic N) is 1. The molecule has 3 atom stereocenters. The summed E-state index contributed by atoms with van der Waals surface area (Å²) in [5.74, 6) is 0.832. The van der Waals surface area contributed by atoms with Crippen molar-refractivity contribution < 1.29 is 0 Å². The van der Waals surface area contributed by atoms with E-state index < -0.39 is 0 Å². The third-order valence-corrected chi connectivity index (χ3v) is 5.94. The zero-order valence-corrected chi connectivity index (χ0v) is 13.2. The summed E-state index contributed by atoms with van der Waals surface area (Å²) >= 11 is 0. The largest absolute Gasteiger partial charge is 0.329 e. The number of hydrogen-bond acceptors (Lipinski definition) is 2. The smallest absolute Gasteiger partial charge is 0.0362 e. The molecule has 0 aromatic rings. The van der Waals surface area contributed by atoms with Gasteiger partial charge in [-0.3, -0.25) is 4.90 Å². The lowest BCUT2D eigenvalue weighted by molar-refractivity contribution is -0.0256. The van der Waals surface area contributed by atoms with Crippen LogP contribution in [0, 0.1) is 5.92 Å². The topological polar surface area (TPSA) is 29.3 Å². The molecule has 1 aliphatic carbocycles. The lowest BCUT2D eigenvalue weighted by Crippen LogP contribution is -2.62. The first-order valence-electron chi connectivity index (χ1n) is 8.75. The molecule has 19 heavy (non-hydrogen) atoms. The molecular weight excluding hydrogens is 232 g/mol. The number of likely N-dealkylation sites (tertiary alicyclic amines) is 1. The van der Waals surface area contributed by atoms with Gasteiger partial charge < -0.3 is 5.73 Å². The molecule has 0 spiro atoms. The van der Waals surface area contributed by atoms with Gasteiger partial charge in [0.2, 0.25) is 0 Å². The molecule has 2 nitrogen and oxygen atoms in total. The van der Waals surface area contributed by atoms with E-state index >= 15 is 0 Å². The van der Waals surface area contributed by atoms with Crippen LogP contribution in [0.1, 0.15) is 78.1 Å². The van der Waals surface area contributed by atoms with Crippen LogP contribution in [0.2, 0.25) is 0 Å². The summed E-state index contributed by atoms with van der Waals surface area (Å²) in [4.78, 5) is 2.88. The molecule has 1 saturated carbocycles. The Morgan fingerprint density at radius 1 is 1.00 bits per heavy atom. The minimum atomic E-state index is 0.331. The number of nitrogens with two attached hydrogens (primary N) is 1. The summed E-state index contributed by atoms with van der Waals surface area (Å²) in [6.45, 7) is 6.92. The van der Waals surface area contributed by atoms with E-state index in [-0.39, 0.29) is 0 Å². The van der Waals surface area contributed by atoms with E-state index in [4.69, 9.17) is 5.73 Å². The minimum absolute atomic E-state index is 0.331. The summed E-state index contributed by atoms with van der Waals surface area (Å²) in [5, 5.41) is 0. The van der Waals surface area contributed by atoms with E-state index in [0.717, 1.165) is 18.5 Å². The number of hydrogen-bond donors (Lipinski definition) is 1. The highest BCUT2D eigenvalue weighted by atomic mass is 15.2. The van der Waals surface area contributed by atoms with Crippen LogP contribution in [0.5, 0.6) is 0 Å². The average Bonchev–Trinajstić information content (AvgIpc) is 2.72. The molecule has 0 aromatic heterocycles. The third kappa shape index (κ3) is 3.00. The summed E-state index contributed by atoms with van der Waals surface area (Å²) in [6.07, 6.45) is 13.8. The van der Waals surface area contributed by atoms with Crippen molar-refractivity contribution in [2.75, 3.05) is 13.1 Å². The van der Waals surface area contributed by atoms with Crippen molar-refractivity contribution in [2.45, 2.75) is 89.6 Å². The molecule has 2 heteroatoms. The van der Waals surface area contributed by atoms with Gasteiger partial charge in [-0.25, -0.2) is 0 Å². The summed E-state index contributed by atoms with van der Waals surface area (Å²) < 4.78 is 0. The Labute approximate surface area is 120 Å². The molecule has 1 saturated heterocycles. The monoisotopic (exact) mass is 266 g/mol. The first-order valence-corrected chi connectivity index (χ1v) is 8.75. The lowest BCUT2D eigenvalue weighted by atomic mass is 9.69. The average molecular weight is 266 g/mol. The standard InChI is InChI=1S/C17H34N2/c1-3-15-10-7-8-12-17(15,14-18)19-13-9-5-6-11-16(19)4-2/h15-16H,3-14,18H2,1-2H3. The molecule has 2 fully saturated rings. The molecule has 0 aromatic carbocycles.